The van der Waals surface area contributed by atoms with Crippen molar-refractivity contribution in [3.05, 3.63) is 0 Å². The molecule has 0 aromatic rings. The van der Waals surface area contributed by atoms with Gasteiger partial charge in [-0.3, -0.25) is 0 Å². The first-order valence-electron chi connectivity index (χ1n) is 2.65. The number of hydrogen-bond acceptors (Lipinski definition) is 2. The lowest BCUT2D eigenvalue weighted by atomic mass is 10.0. The number of carboxylic acid groups (broad SMARTS) is 2. The van der Waals surface area contributed by atoms with Crippen LogP contribution >= 0.6 is 0 Å². The van der Waals surface area contributed by atoms with Crippen molar-refractivity contribution in [2.45, 2.75) is 27.7 Å². The lowest BCUT2D eigenvalue weighted by Crippen LogP contribution is -1.93. The lowest BCUT2D eigenvalue weighted by molar-refractivity contribution is 0.137. The standard InChI is InChI=1S/C5H12.CH2O3.H3N/c1-5(2,3)4;2-1(3)4;/h1-4H3;(H2,2,3,4);1H3. The Labute approximate surface area is 61.5 Å². The normalized spacial score (nSPS) is 8.40. The van der Waals surface area contributed by atoms with Gasteiger partial charge in [0.1, 0.15) is 0 Å². The maximum absolute atomic E-state index is 8.56. The largest absolute Gasteiger partial charge is 0.503 e. The maximum Gasteiger partial charge on any atom is 0.503 e. The van der Waals surface area contributed by atoms with Crippen LogP contribution in [0, 0.1) is 5.41 Å². The summed E-state index contributed by atoms with van der Waals surface area (Å²) in [4.78, 5) is 8.56. The maximum atomic E-state index is 8.56. The highest BCUT2D eigenvalue weighted by Gasteiger charge is 1.95. The molecule has 0 aromatic carbocycles. The van der Waals surface area contributed by atoms with Gasteiger partial charge in [-0.05, 0) is 5.41 Å². The molecule has 0 amide bonds. The molecule has 0 aliphatic rings. The molecule has 64 valence electrons. The van der Waals surface area contributed by atoms with Gasteiger partial charge in [-0.15, -0.1) is 0 Å². The number of carbonyl (C=O) groups is 1. The summed E-state index contributed by atoms with van der Waals surface area (Å²) in [5.41, 5.74) is 0.500. The van der Waals surface area contributed by atoms with E-state index in [9.17, 15) is 0 Å². The van der Waals surface area contributed by atoms with Crippen LogP contribution in [-0.2, 0) is 0 Å². The Bertz CT molecular complexity index is 75.5. The predicted octanol–water partition coefficient (Wildman–Crippen LogP) is 2.44. The average molecular weight is 151 g/mol. The van der Waals surface area contributed by atoms with Crippen molar-refractivity contribution in [1.82, 2.24) is 6.15 Å². The Kier molecular flexibility index (Phi) is 10.2. The van der Waals surface area contributed by atoms with E-state index in [2.05, 4.69) is 27.7 Å². The molecule has 0 aliphatic heterocycles. The fourth-order valence-electron chi connectivity index (χ4n) is 0. The van der Waals surface area contributed by atoms with Gasteiger partial charge in [0.05, 0.1) is 0 Å². The third kappa shape index (κ3) is 473. The molecule has 0 saturated heterocycles. The molecule has 0 radical (unpaired) electrons. The van der Waals surface area contributed by atoms with E-state index < -0.39 is 6.16 Å². The highest BCUT2D eigenvalue weighted by atomic mass is 16.6. The number of rotatable bonds is 0. The zero-order valence-corrected chi connectivity index (χ0v) is 7.01. The molecule has 4 heteroatoms. The van der Waals surface area contributed by atoms with Gasteiger partial charge < -0.3 is 16.4 Å². The van der Waals surface area contributed by atoms with Gasteiger partial charge in [0.25, 0.3) is 0 Å². The molecule has 10 heavy (non-hydrogen) atoms. The highest BCUT2D eigenvalue weighted by Crippen LogP contribution is 2.07. The van der Waals surface area contributed by atoms with E-state index in [0.717, 1.165) is 0 Å². The van der Waals surface area contributed by atoms with Gasteiger partial charge in [-0.2, -0.15) is 0 Å². The summed E-state index contributed by atoms with van der Waals surface area (Å²) < 4.78 is 0. The number of hydrogen-bond donors (Lipinski definition) is 3. The summed E-state index contributed by atoms with van der Waals surface area (Å²) in [6.45, 7) is 8.75. The van der Waals surface area contributed by atoms with E-state index in [1.807, 2.05) is 0 Å². The molecule has 0 spiro atoms. The van der Waals surface area contributed by atoms with Crippen molar-refractivity contribution >= 4 is 6.16 Å². The zero-order valence-electron chi connectivity index (χ0n) is 7.01. The monoisotopic (exact) mass is 151 g/mol. The van der Waals surface area contributed by atoms with Crippen LogP contribution in [0.2, 0.25) is 0 Å². The molecule has 0 saturated carbocycles. The summed E-state index contributed by atoms with van der Waals surface area (Å²) in [6, 6.07) is 0. The second-order valence-electron chi connectivity index (χ2n) is 3.28. The van der Waals surface area contributed by atoms with E-state index in [0.29, 0.717) is 5.41 Å². The Balaban J connectivity index is -0.0000000910. The quantitative estimate of drug-likeness (QED) is 0.495. The Hall–Kier alpha value is -0.770. The molecule has 0 bridgehead atoms. The van der Waals surface area contributed by atoms with Crippen molar-refractivity contribution in [2.75, 3.05) is 0 Å². The molecule has 0 fully saturated rings. The first kappa shape index (κ1) is 16.1. The second kappa shape index (κ2) is 6.35. The van der Waals surface area contributed by atoms with Crippen LogP contribution in [0.15, 0.2) is 0 Å². The van der Waals surface area contributed by atoms with Crippen LogP contribution in [0.1, 0.15) is 27.7 Å². The molecule has 0 rings (SSSR count). The van der Waals surface area contributed by atoms with Crippen LogP contribution in [0.25, 0.3) is 0 Å². The SMILES string of the molecule is CC(C)(C)C.N.O=C(O)O. The van der Waals surface area contributed by atoms with Crippen LogP contribution < -0.4 is 6.15 Å². The van der Waals surface area contributed by atoms with Gasteiger partial charge in [0.2, 0.25) is 0 Å². The summed E-state index contributed by atoms with van der Waals surface area (Å²) in [5.74, 6) is 0. The van der Waals surface area contributed by atoms with E-state index in [-0.39, 0.29) is 6.15 Å². The second-order valence-corrected chi connectivity index (χ2v) is 3.28. The third-order valence-corrected chi connectivity index (χ3v) is 0. The van der Waals surface area contributed by atoms with Crippen molar-refractivity contribution in [2.24, 2.45) is 5.41 Å². The Morgan fingerprint density at radius 1 is 1.10 bits per heavy atom. The summed E-state index contributed by atoms with van der Waals surface area (Å²) in [5, 5.41) is 13.9. The molecule has 5 N–H and O–H groups in total. The van der Waals surface area contributed by atoms with Crippen LogP contribution in [0.4, 0.5) is 4.79 Å². The van der Waals surface area contributed by atoms with Gasteiger partial charge in [-0.1, -0.05) is 27.7 Å². The van der Waals surface area contributed by atoms with Crippen molar-refractivity contribution in [3.63, 3.8) is 0 Å². The van der Waals surface area contributed by atoms with Crippen LogP contribution in [0.3, 0.4) is 0 Å². The van der Waals surface area contributed by atoms with Gasteiger partial charge in [-0.25, -0.2) is 4.79 Å². The minimum atomic E-state index is -1.83. The van der Waals surface area contributed by atoms with Crippen molar-refractivity contribution < 1.29 is 15.0 Å². The highest BCUT2D eigenvalue weighted by molar-refractivity contribution is 5.53. The minimum absolute atomic E-state index is 0. The molecule has 0 atom stereocenters. The Morgan fingerprint density at radius 3 is 1.10 bits per heavy atom. The third-order valence-electron chi connectivity index (χ3n) is 0. The first-order chi connectivity index (χ1) is 3.73. The summed E-state index contributed by atoms with van der Waals surface area (Å²) in [7, 11) is 0. The smallest absolute Gasteiger partial charge is 0.450 e. The molecule has 0 heterocycles. The summed E-state index contributed by atoms with van der Waals surface area (Å²) in [6.07, 6.45) is -1.83. The Morgan fingerprint density at radius 2 is 1.10 bits per heavy atom. The predicted molar refractivity (Wildman–Crippen MR) is 40.8 cm³/mol. The van der Waals surface area contributed by atoms with Gasteiger partial charge in [0, 0.05) is 0 Å². The lowest BCUT2D eigenvalue weighted by Gasteiger charge is -2.05. The molecular weight excluding hydrogens is 134 g/mol. The average Bonchev–Trinajstić information content (AvgIpc) is 1.19. The molecule has 0 aromatic heterocycles. The van der Waals surface area contributed by atoms with E-state index in [1.165, 1.54) is 0 Å². The summed E-state index contributed by atoms with van der Waals surface area (Å²) >= 11 is 0. The molecule has 0 aliphatic carbocycles. The topological polar surface area (TPSA) is 92.5 Å². The van der Waals surface area contributed by atoms with Gasteiger partial charge >= 0.3 is 6.16 Å². The fraction of sp³-hybridized carbons (Fsp3) is 0.833. The van der Waals surface area contributed by atoms with E-state index in [4.69, 9.17) is 15.0 Å². The van der Waals surface area contributed by atoms with E-state index in [1.54, 1.807) is 0 Å². The zero-order chi connectivity index (χ0) is 8.08. The fourth-order valence-corrected chi connectivity index (χ4v) is 0. The van der Waals surface area contributed by atoms with Gasteiger partial charge in [0.15, 0.2) is 0 Å². The van der Waals surface area contributed by atoms with E-state index >= 15 is 0 Å². The molecular formula is C6H17NO3. The first-order valence-corrected chi connectivity index (χ1v) is 2.65. The molecule has 0 unspecified atom stereocenters. The van der Waals surface area contributed by atoms with Crippen molar-refractivity contribution in [1.29, 1.82) is 0 Å². The van der Waals surface area contributed by atoms with Crippen LogP contribution in [0.5, 0.6) is 0 Å². The van der Waals surface area contributed by atoms with Crippen molar-refractivity contribution in [3.8, 4) is 0 Å². The van der Waals surface area contributed by atoms with Crippen LogP contribution in [-0.4, -0.2) is 16.4 Å². The molecule has 4 nitrogen and oxygen atoms in total. The minimum Gasteiger partial charge on any atom is -0.450 e.